The van der Waals surface area contributed by atoms with Crippen LogP contribution in [0.1, 0.15) is 50.5 Å². The molecular weight excluding hydrogens is 240 g/mol. The molecule has 106 valence electrons. The SMILES string of the molecule is CCn1cc(N)c(C(=O)N2CCCC(C)(C)CC2)n1. The van der Waals surface area contributed by atoms with Crippen LogP contribution in [0.4, 0.5) is 5.69 Å². The Labute approximate surface area is 114 Å². The van der Waals surface area contributed by atoms with E-state index in [9.17, 15) is 4.79 Å². The Kier molecular flexibility index (Phi) is 3.83. The number of nitrogens with zero attached hydrogens (tertiary/aromatic N) is 3. The van der Waals surface area contributed by atoms with Crippen molar-refractivity contribution in [2.75, 3.05) is 18.8 Å². The summed E-state index contributed by atoms with van der Waals surface area (Å²) in [5.41, 5.74) is 7.09. The Hall–Kier alpha value is -1.52. The lowest BCUT2D eigenvalue weighted by Gasteiger charge is -2.23. The molecule has 19 heavy (non-hydrogen) atoms. The van der Waals surface area contributed by atoms with Crippen LogP contribution in [-0.2, 0) is 6.54 Å². The average Bonchev–Trinajstić information content (AvgIpc) is 2.63. The van der Waals surface area contributed by atoms with Crippen LogP contribution in [-0.4, -0.2) is 33.7 Å². The van der Waals surface area contributed by atoms with Crippen molar-refractivity contribution in [3.63, 3.8) is 0 Å². The molecule has 2 heterocycles. The monoisotopic (exact) mass is 264 g/mol. The van der Waals surface area contributed by atoms with Crippen LogP contribution in [0.2, 0.25) is 0 Å². The van der Waals surface area contributed by atoms with Gasteiger partial charge in [0.15, 0.2) is 5.69 Å². The van der Waals surface area contributed by atoms with E-state index in [1.165, 1.54) is 0 Å². The standard InChI is InChI=1S/C14H24N4O/c1-4-18-10-11(15)12(16-18)13(19)17-8-5-6-14(2,3)7-9-17/h10H,4-9,15H2,1-3H3. The third kappa shape index (κ3) is 3.08. The Morgan fingerprint density at radius 1 is 1.42 bits per heavy atom. The maximum Gasteiger partial charge on any atom is 0.276 e. The lowest BCUT2D eigenvalue weighted by molar-refractivity contribution is 0.0751. The molecule has 2 N–H and O–H groups in total. The first kappa shape index (κ1) is 13.9. The van der Waals surface area contributed by atoms with Crippen molar-refractivity contribution >= 4 is 11.6 Å². The van der Waals surface area contributed by atoms with Gasteiger partial charge in [-0.15, -0.1) is 0 Å². The molecule has 1 aliphatic heterocycles. The molecule has 0 unspecified atom stereocenters. The number of aryl methyl sites for hydroxylation is 1. The summed E-state index contributed by atoms with van der Waals surface area (Å²) in [7, 11) is 0. The second-order valence-corrected chi connectivity index (χ2v) is 6.10. The number of likely N-dealkylation sites (tertiary alicyclic amines) is 1. The Morgan fingerprint density at radius 2 is 2.16 bits per heavy atom. The number of hydrogen-bond acceptors (Lipinski definition) is 3. The first-order valence-electron chi connectivity index (χ1n) is 7.05. The highest BCUT2D eigenvalue weighted by molar-refractivity contribution is 5.97. The fourth-order valence-electron chi connectivity index (χ4n) is 2.54. The molecule has 1 aliphatic rings. The van der Waals surface area contributed by atoms with Gasteiger partial charge in [0.05, 0.1) is 5.69 Å². The van der Waals surface area contributed by atoms with Gasteiger partial charge in [-0.05, 0) is 31.6 Å². The zero-order chi connectivity index (χ0) is 14.0. The fourth-order valence-corrected chi connectivity index (χ4v) is 2.54. The van der Waals surface area contributed by atoms with E-state index in [-0.39, 0.29) is 5.91 Å². The zero-order valence-corrected chi connectivity index (χ0v) is 12.1. The van der Waals surface area contributed by atoms with E-state index in [2.05, 4.69) is 18.9 Å². The van der Waals surface area contributed by atoms with Crippen LogP contribution >= 0.6 is 0 Å². The van der Waals surface area contributed by atoms with Crippen LogP contribution in [0.3, 0.4) is 0 Å². The molecule has 0 atom stereocenters. The van der Waals surface area contributed by atoms with Gasteiger partial charge < -0.3 is 10.6 Å². The molecule has 1 fully saturated rings. The molecule has 5 nitrogen and oxygen atoms in total. The van der Waals surface area contributed by atoms with E-state index in [0.717, 1.165) is 38.9 Å². The summed E-state index contributed by atoms with van der Waals surface area (Å²) in [4.78, 5) is 14.4. The number of carbonyl (C=O) groups excluding carboxylic acids is 1. The molecule has 1 saturated heterocycles. The topological polar surface area (TPSA) is 64.2 Å². The molecule has 1 amide bonds. The summed E-state index contributed by atoms with van der Waals surface area (Å²) in [6.45, 7) is 8.84. The lowest BCUT2D eigenvalue weighted by atomic mass is 9.85. The minimum atomic E-state index is -0.0256. The molecule has 0 spiro atoms. The van der Waals surface area contributed by atoms with Gasteiger partial charge in [0.2, 0.25) is 0 Å². The smallest absolute Gasteiger partial charge is 0.276 e. The van der Waals surface area contributed by atoms with Crippen LogP contribution in [0.15, 0.2) is 6.20 Å². The first-order valence-corrected chi connectivity index (χ1v) is 7.05. The van der Waals surface area contributed by atoms with E-state index >= 15 is 0 Å². The number of anilines is 1. The second-order valence-electron chi connectivity index (χ2n) is 6.10. The van der Waals surface area contributed by atoms with Gasteiger partial charge in [0, 0.05) is 25.8 Å². The molecule has 5 heteroatoms. The molecule has 0 radical (unpaired) electrons. The Morgan fingerprint density at radius 3 is 2.79 bits per heavy atom. The van der Waals surface area contributed by atoms with Crippen LogP contribution < -0.4 is 5.73 Å². The Balaban J connectivity index is 2.12. The minimum absolute atomic E-state index is 0.0256. The molecule has 0 aromatic carbocycles. The van der Waals surface area contributed by atoms with Gasteiger partial charge in [-0.2, -0.15) is 5.10 Å². The summed E-state index contributed by atoms with van der Waals surface area (Å²) >= 11 is 0. The highest BCUT2D eigenvalue weighted by Crippen LogP contribution is 2.30. The third-order valence-corrected chi connectivity index (χ3v) is 3.94. The number of hydrogen-bond donors (Lipinski definition) is 1. The van der Waals surface area contributed by atoms with E-state index in [1.54, 1.807) is 10.9 Å². The van der Waals surface area contributed by atoms with Crippen LogP contribution in [0.25, 0.3) is 0 Å². The molecule has 0 aliphatic carbocycles. The Bertz CT molecular complexity index is 464. The van der Waals surface area contributed by atoms with Gasteiger partial charge in [-0.1, -0.05) is 13.8 Å². The maximum atomic E-state index is 12.5. The summed E-state index contributed by atoms with van der Waals surface area (Å²) < 4.78 is 1.71. The lowest BCUT2D eigenvalue weighted by Crippen LogP contribution is -2.33. The van der Waals surface area contributed by atoms with E-state index in [4.69, 9.17) is 5.73 Å². The number of rotatable bonds is 2. The summed E-state index contributed by atoms with van der Waals surface area (Å²) in [5.74, 6) is -0.0256. The summed E-state index contributed by atoms with van der Waals surface area (Å²) in [6, 6.07) is 0. The molecule has 0 saturated carbocycles. The van der Waals surface area contributed by atoms with Crippen molar-refractivity contribution in [1.29, 1.82) is 0 Å². The van der Waals surface area contributed by atoms with E-state index < -0.39 is 0 Å². The predicted octanol–water partition coefficient (Wildman–Crippen LogP) is 2.14. The van der Waals surface area contributed by atoms with Gasteiger partial charge >= 0.3 is 0 Å². The van der Waals surface area contributed by atoms with Gasteiger partial charge in [-0.3, -0.25) is 9.48 Å². The van der Waals surface area contributed by atoms with Crippen molar-refractivity contribution in [3.05, 3.63) is 11.9 Å². The van der Waals surface area contributed by atoms with Crippen molar-refractivity contribution in [2.24, 2.45) is 5.41 Å². The normalized spacial score (nSPS) is 19.2. The third-order valence-electron chi connectivity index (χ3n) is 3.94. The molecular formula is C14H24N4O. The highest BCUT2D eigenvalue weighted by Gasteiger charge is 2.27. The maximum absolute atomic E-state index is 12.5. The van der Waals surface area contributed by atoms with Crippen molar-refractivity contribution in [3.8, 4) is 0 Å². The van der Waals surface area contributed by atoms with E-state index in [0.29, 0.717) is 16.8 Å². The molecule has 1 aromatic heterocycles. The first-order chi connectivity index (χ1) is 8.93. The minimum Gasteiger partial charge on any atom is -0.396 e. The van der Waals surface area contributed by atoms with Gasteiger partial charge in [0.25, 0.3) is 5.91 Å². The largest absolute Gasteiger partial charge is 0.396 e. The molecule has 1 aromatic rings. The van der Waals surface area contributed by atoms with E-state index in [1.807, 2.05) is 11.8 Å². The highest BCUT2D eigenvalue weighted by atomic mass is 16.2. The second kappa shape index (κ2) is 5.23. The summed E-state index contributed by atoms with van der Waals surface area (Å²) in [5, 5.41) is 4.27. The van der Waals surface area contributed by atoms with Crippen molar-refractivity contribution < 1.29 is 4.79 Å². The number of amides is 1. The quantitative estimate of drug-likeness (QED) is 0.890. The predicted molar refractivity (Wildman–Crippen MR) is 75.8 cm³/mol. The van der Waals surface area contributed by atoms with Gasteiger partial charge in [-0.25, -0.2) is 0 Å². The van der Waals surface area contributed by atoms with Gasteiger partial charge in [0.1, 0.15) is 0 Å². The number of aromatic nitrogens is 2. The molecule has 2 rings (SSSR count). The number of nitrogens with two attached hydrogens (primary N) is 1. The summed E-state index contributed by atoms with van der Waals surface area (Å²) in [6.07, 6.45) is 4.98. The zero-order valence-electron chi connectivity index (χ0n) is 12.1. The van der Waals surface area contributed by atoms with Crippen molar-refractivity contribution in [1.82, 2.24) is 14.7 Å². The molecule has 0 bridgehead atoms. The van der Waals surface area contributed by atoms with Crippen molar-refractivity contribution in [2.45, 2.75) is 46.6 Å². The average molecular weight is 264 g/mol. The number of nitrogen functional groups attached to an aromatic ring is 1. The van der Waals surface area contributed by atoms with Crippen LogP contribution in [0.5, 0.6) is 0 Å². The van der Waals surface area contributed by atoms with Crippen LogP contribution in [0, 0.1) is 5.41 Å². The number of carbonyl (C=O) groups is 1. The fraction of sp³-hybridized carbons (Fsp3) is 0.714.